The third-order valence-corrected chi connectivity index (χ3v) is 5.40. The summed E-state index contributed by atoms with van der Waals surface area (Å²) in [4.78, 5) is 11.3. The molecule has 1 aliphatic heterocycles. The smallest absolute Gasteiger partial charge is 0.337 e. The molecule has 0 saturated heterocycles. The van der Waals surface area contributed by atoms with Crippen molar-refractivity contribution in [3.05, 3.63) is 46.5 Å². The number of carbonyl (C=O) groups is 1. The molecule has 0 fully saturated rings. The molecule has 1 heterocycles. The molecule has 3 atom stereocenters. The number of hydrogen-bond donors (Lipinski definition) is 5. The highest BCUT2D eigenvalue weighted by Crippen LogP contribution is 2.52. The molecule has 0 bridgehead atoms. The summed E-state index contributed by atoms with van der Waals surface area (Å²) in [5.74, 6) is -1.63. The van der Waals surface area contributed by atoms with Crippen LogP contribution in [0.2, 0.25) is 0 Å². The lowest BCUT2D eigenvalue weighted by Gasteiger charge is -2.21. The second kappa shape index (κ2) is 9.42. The first kappa shape index (κ1) is 22.7. The fourth-order valence-corrected chi connectivity index (χ4v) is 3.84. The van der Waals surface area contributed by atoms with Crippen molar-refractivity contribution in [1.29, 1.82) is 0 Å². The molecule has 3 rings (SSSR count). The first-order chi connectivity index (χ1) is 14.9. The molecule has 5 N–H and O–H groups in total. The van der Waals surface area contributed by atoms with E-state index in [0.717, 1.165) is 5.56 Å². The molecule has 9 heteroatoms. The summed E-state index contributed by atoms with van der Waals surface area (Å²) in [6.07, 6.45) is -1.52. The number of aromatic hydroxyl groups is 1. The van der Waals surface area contributed by atoms with E-state index in [4.69, 9.17) is 19.3 Å². The predicted octanol–water partition coefficient (Wildman–Crippen LogP) is 1.66. The van der Waals surface area contributed by atoms with E-state index in [1.165, 1.54) is 26.4 Å². The number of fused-ring (bicyclic) bond motifs is 1. The van der Waals surface area contributed by atoms with Gasteiger partial charge in [-0.2, -0.15) is 0 Å². The van der Waals surface area contributed by atoms with Crippen molar-refractivity contribution in [1.82, 2.24) is 0 Å². The van der Waals surface area contributed by atoms with Gasteiger partial charge in [0.15, 0.2) is 29.1 Å². The molecule has 0 spiro atoms. The molecule has 2 aromatic carbocycles. The summed E-state index contributed by atoms with van der Waals surface area (Å²) < 4.78 is 16.7. The third kappa shape index (κ3) is 4.25. The van der Waals surface area contributed by atoms with Gasteiger partial charge in [0.25, 0.3) is 0 Å². The van der Waals surface area contributed by atoms with Crippen molar-refractivity contribution in [3.8, 4) is 23.0 Å². The summed E-state index contributed by atoms with van der Waals surface area (Å²) in [6.45, 7) is -0.228. The second-order valence-electron chi connectivity index (χ2n) is 7.27. The van der Waals surface area contributed by atoms with Crippen LogP contribution in [0.25, 0.3) is 0 Å². The number of rotatable bonds is 9. The molecule has 0 aromatic heterocycles. The first-order valence-corrected chi connectivity index (χ1v) is 9.77. The highest BCUT2D eigenvalue weighted by Gasteiger charge is 2.39. The zero-order valence-corrected chi connectivity index (χ0v) is 17.2. The number of ether oxygens (including phenoxy) is 3. The average Bonchev–Trinajstić information content (AvgIpc) is 3.15. The number of aliphatic carboxylic acids is 1. The average molecular weight is 434 g/mol. The number of aryl methyl sites for hydroxylation is 1. The van der Waals surface area contributed by atoms with Crippen LogP contribution in [0.5, 0.6) is 23.0 Å². The van der Waals surface area contributed by atoms with Crippen LogP contribution in [0.15, 0.2) is 24.3 Å². The lowest BCUT2D eigenvalue weighted by molar-refractivity contribution is -0.147. The van der Waals surface area contributed by atoms with Gasteiger partial charge in [-0.05, 0) is 42.2 Å². The number of carboxylic acid groups (broad SMARTS) is 1. The largest absolute Gasteiger partial charge is 0.504 e. The van der Waals surface area contributed by atoms with Gasteiger partial charge in [-0.3, -0.25) is 0 Å². The van der Waals surface area contributed by atoms with Crippen LogP contribution in [0.1, 0.15) is 46.8 Å². The van der Waals surface area contributed by atoms with Crippen molar-refractivity contribution >= 4 is 5.97 Å². The topological polar surface area (TPSA) is 146 Å². The van der Waals surface area contributed by atoms with Crippen LogP contribution in [-0.2, 0) is 11.2 Å². The van der Waals surface area contributed by atoms with Crippen molar-refractivity contribution in [3.63, 3.8) is 0 Å². The maximum Gasteiger partial charge on any atom is 0.337 e. The van der Waals surface area contributed by atoms with Crippen LogP contribution in [0.3, 0.4) is 0 Å². The lowest BCUT2D eigenvalue weighted by Crippen LogP contribution is -2.16. The van der Waals surface area contributed by atoms with E-state index in [0.29, 0.717) is 35.5 Å². The van der Waals surface area contributed by atoms with Crippen LogP contribution >= 0.6 is 0 Å². The number of aliphatic hydroxyl groups excluding tert-OH is 3. The fraction of sp³-hybridized carbons (Fsp3) is 0.409. The Bertz CT molecular complexity index is 956. The standard InChI is InChI=1S/C22H26O9/c1-29-16-9-12(8-14(18(16)25)19(26)22(27)28)20-15(10-24)13-6-11(4-3-5-23)7-17(30-2)21(13)31-20/h6-9,15,19-20,23-26H,3-5,10H2,1-2H3,(H,27,28). The number of carboxylic acids is 1. The maximum atomic E-state index is 11.3. The zero-order chi connectivity index (χ0) is 22.7. The van der Waals surface area contributed by atoms with Gasteiger partial charge in [0.2, 0.25) is 0 Å². The van der Waals surface area contributed by atoms with Crippen LogP contribution in [0, 0.1) is 0 Å². The molecular weight excluding hydrogens is 408 g/mol. The van der Waals surface area contributed by atoms with Gasteiger partial charge in [-0.15, -0.1) is 0 Å². The van der Waals surface area contributed by atoms with Crippen molar-refractivity contribution < 1.29 is 44.5 Å². The van der Waals surface area contributed by atoms with E-state index in [9.17, 15) is 25.2 Å². The number of methoxy groups -OCH3 is 2. The Morgan fingerprint density at radius 3 is 2.42 bits per heavy atom. The van der Waals surface area contributed by atoms with E-state index < -0.39 is 29.8 Å². The minimum Gasteiger partial charge on any atom is -0.504 e. The normalized spacial score (nSPS) is 18.2. The van der Waals surface area contributed by atoms with Gasteiger partial charge < -0.3 is 39.7 Å². The van der Waals surface area contributed by atoms with Gasteiger partial charge in [0.05, 0.1) is 26.7 Å². The van der Waals surface area contributed by atoms with Gasteiger partial charge >= 0.3 is 5.97 Å². The van der Waals surface area contributed by atoms with Gasteiger partial charge in [0.1, 0.15) is 6.10 Å². The number of hydrogen-bond acceptors (Lipinski definition) is 8. The summed E-state index contributed by atoms with van der Waals surface area (Å²) in [7, 11) is 2.81. The lowest BCUT2D eigenvalue weighted by atomic mass is 9.89. The van der Waals surface area contributed by atoms with Gasteiger partial charge in [-0.1, -0.05) is 6.07 Å². The molecule has 0 radical (unpaired) electrons. The molecule has 0 amide bonds. The van der Waals surface area contributed by atoms with E-state index in [-0.39, 0.29) is 24.5 Å². The summed E-state index contributed by atoms with van der Waals surface area (Å²) in [6, 6.07) is 6.50. The van der Waals surface area contributed by atoms with Gasteiger partial charge in [0, 0.05) is 17.7 Å². The Hall–Kier alpha value is -3.01. The summed E-state index contributed by atoms with van der Waals surface area (Å²) >= 11 is 0. The van der Waals surface area contributed by atoms with E-state index in [1.54, 1.807) is 0 Å². The molecule has 168 valence electrons. The highest BCUT2D eigenvalue weighted by atomic mass is 16.5. The van der Waals surface area contributed by atoms with Gasteiger partial charge in [-0.25, -0.2) is 4.79 Å². The number of phenolic OH excluding ortho intramolecular Hbond substituents is 1. The fourth-order valence-electron chi connectivity index (χ4n) is 3.84. The number of aliphatic hydroxyl groups is 3. The highest BCUT2D eigenvalue weighted by molar-refractivity contribution is 5.76. The monoisotopic (exact) mass is 434 g/mol. The first-order valence-electron chi connectivity index (χ1n) is 9.77. The Labute approximate surface area is 179 Å². The Morgan fingerprint density at radius 1 is 1.13 bits per heavy atom. The Morgan fingerprint density at radius 2 is 1.84 bits per heavy atom. The summed E-state index contributed by atoms with van der Waals surface area (Å²) in [5.41, 5.74) is 1.80. The molecule has 0 aliphatic carbocycles. The molecule has 0 saturated carbocycles. The number of benzene rings is 2. The molecular formula is C22H26O9. The SMILES string of the molecule is COc1cc(C2Oc3c(OC)cc(CCCO)cc3C2CO)cc(C(O)C(=O)O)c1O. The van der Waals surface area contributed by atoms with Crippen molar-refractivity contribution in [2.24, 2.45) is 0 Å². The molecule has 2 aromatic rings. The minimum atomic E-state index is -1.97. The van der Waals surface area contributed by atoms with Crippen LogP contribution in [0.4, 0.5) is 0 Å². The van der Waals surface area contributed by atoms with Crippen molar-refractivity contribution in [2.45, 2.75) is 31.0 Å². The summed E-state index contributed by atoms with van der Waals surface area (Å²) in [5, 5.41) is 48.8. The minimum absolute atomic E-state index is 0.0281. The van der Waals surface area contributed by atoms with E-state index in [1.807, 2.05) is 12.1 Å². The van der Waals surface area contributed by atoms with E-state index in [2.05, 4.69) is 0 Å². The molecule has 1 aliphatic rings. The quantitative estimate of drug-likeness (QED) is 0.398. The van der Waals surface area contributed by atoms with Crippen LogP contribution < -0.4 is 14.2 Å². The maximum absolute atomic E-state index is 11.3. The molecule has 31 heavy (non-hydrogen) atoms. The van der Waals surface area contributed by atoms with E-state index >= 15 is 0 Å². The zero-order valence-electron chi connectivity index (χ0n) is 17.2. The number of phenols is 1. The second-order valence-corrected chi connectivity index (χ2v) is 7.27. The molecule has 9 nitrogen and oxygen atoms in total. The Kier molecular flexibility index (Phi) is 6.89. The third-order valence-electron chi connectivity index (χ3n) is 5.40. The Balaban J connectivity index is 2.09. The predicted molar refractivity (Wildman–Crippen MR) is 109 cm³/mol. The molecule has 3 unspecified atom stereocenters. The van der Waals surface area contributed by atoms with Crippen LogP contribution in [-0.4, -0.2) is 58.9 Å². The van der Waals surface area contributed by atoms with Crippen molar-refractivity contribution in [2.75, 3.05) is 27.4 Å².